The van der Waals surface area contributed by atoms with E-state index >= 15 is 0 Å². The summed E-state index contributed by atoms with van der Waals surface area (Å²) in [6.45, 7) is 2.69. The Bertz CT molecular complexity index is 611. The fourth-order valence-electron chi connectivity index (χ4n) is 1.58. The molecule has 5 heteroatoms. The Balaban J connectivity index is 1.76. The van der Waals surface area contributed by atoms with Gasteiger partial charge in [0.25, 0.3) is 6.01 Å². The van der Waals surface area contributed by atoms with Crippen LogP contribution in [0.15, 0.2) is 34.9 Å². The third-order valence-electron chi connectivity index (χ3n) is 2.35. The molecule has 0 atom stereocenters. The smallest absolute Gasteiger partial charge is 0.296 e. The number of fused-ring (bicyclic) bond motifs is 1. The summed E-state index contributed by atoms with van der Waals surface area (Å²) in [5.41, 5.74) is 1.66. The maximum atomic E-state index is 5.55. The number of hydrogen-bond donors (Lipinski definition) is 1. The van der Waals surface area contributed by atoms with E-state index in [1.807, 2.05) is 37.4 Å². The third kappa shape index (κ3) is 2.14. The second-order valence-electron chi connectivity index (χ2n) is 3.70. The minimum Gasteiger partial charge on any atom is -0.424 e. The van der Waals surface area contributed by atoms with Crippen LogP contribution in [0.3, 0.4) is 0 Å². The molecule has 1 aromatic carbocycles. The molecule has 0 unspecified atom stereocenters. The maximum Gasteiger partial charge on any atom is 0.296 e. The molecule has 86 valence electrons. The molecule has 0 amide bonds. The summed E-state index contributed by atoms with van der Waals surface area (Å²) in [7, 11) is 0. The monoisotopic (exact) mass is 245 g/mol. The van der Waals surface area contributed by atoms with Gasteiger partial charge in [-0.2, -0.15) is 4.98 Å². The quantitative estimate of drug-likeness (QED) is 0.769. The fraction of sp³-hybridized carbons (Fsp3) is 0.167. The zero-order chi connectivity index (χ0) is 11.7. The number of rotatable bonds is 3. The van der Waals surface area contributed by atoms with E-state index in [2.05, 4.69) is 15.3 Å². The normalized spacial score (nSPS) is 10.9. The summed E-state index contributed by atoms with van der Waals surface area (Å²) in [5, 5.41) is 4.17. The first-order chi connectivity index (χ1) is 8.31. The number of nitrogens with zero attached hydrogens (tertiary/aromatic N) is 2. The number of aryl methyl sites for hydroxylation is 1. The average molecular weight is 245 g/mol. The van der Waals surface area contributed by atoms with Crippen molar-refractivity contribution in [3.05, 3.63) is 40.3 Å². The average Bonchev–Trinajstić information content (AvgIpc) is 2.91. The van der Waals surface area contributed by atoms with Crippen LogP contribution in [0.2, 0.25) is 0 Å². The molecule has 4 nitrogen and oxygen atoms in total. The highest BCUT2D eigenvalue weighted by molar-refractivity contribution is 7.11. The lowest BCUT2D eigenvalue weighted by atomic mass is 10.3. The molecule has 0 aliphatic rings. The molecule has 3 rings (SSSR count). The predicted molar refractivity (Wildman–Crippen MR) is 68.2 cm³/mol. The van der Waals surface area contributed by atoms with Gasteiger partial charge in [0, 0.05) is 11.1 Å². The molecule has 0 radical (unpaired) electrons. The first-order valence-electron chi connectivity index (χ1n) is 5.32. The lowest BCUT2D eigenvalue weighted by molar-refractivity contribution is 0.614. The summed E-state index contributed by atoms with van der Waals surface area (Å²) < 4.78 is 5.55. The van der Waals surface area contributed by atoms with Crippen LogP contribution in [-0.4, -0.2) is 9.97 Å². The first kappa shape index (κ1) is 10.3. The number of nitrogens with one attached hydrogen (secondary N) is 1. The number of oxazole rings is 1. The van der Waals surface area contributed by atoms with Crippen molar-refractivity contribution >= 4 is 28.5 Å². The molecule has 2 heterocycles. The molecule has 0 saturated heterocycles. The van der Waals surface area contributed by atoms with Gasteiger partial charge in [-0.3, -0.25) is 0 Å². The van der Waals surface area contributed by atoms with Gasteiger partial charge in [-0.1, -0.05) is 12.1 Å². The number of para-hydroxylation sites is 2. The molecular formula is C12H11N3OS. The van der Waals surface area contributed by atoms with Crippen LogP contribution < -0.4 is 5.32 Å². The van der Waals surface area contributed by atoms with Crippen molar-refractivity contribution in [1.82, 2.24) is 9.97 Å². The molecule has 0 bridgehead atoms. The van der Waals surface area contributed by atoms with E-state index in [4.69, 9.17) is 4.42 Å². The number of thiazole rings is 1. The molecule has 3 aromatic rings. The van der Waals surface area contributed by atoms with Crippen LogP contribution in [0.25, 0.3) is 11.1 Å². The molecule has 1 N–H and O–H groups in total. The minimum atomic E-state index is 0.541. The molecule has 0 aliphatic carbocycles. The standard InChI is InChI=1S/C12H11N3OS/c1-8-6-13-11(17-8)7-14-12-15-9-4-2-3-5-10(9)16-12/h2-6H,7H2,1H3,(H,14,15). The van der Waals surface area contributed by atoms with Crippen molar-refractivity contribution in [2.75, 3.05) is 5.32 Å². The minimum absolute atomic E-state index is 0.541. The second-order valence-corrected chi connectivity index (χ2v) is 5.02. The van der Waals surface area contributed by atoms with Crippen molar-refractivity contribution < 1.29 is 4.42 Å². The summed E-state index contributed by atoms with van der Waals surface area (Å²) in [4.78, 5) is 9.81. The fourth-order valence-corrected chi connectivity index (χ4v) is 2.31. The van der Waals surface area contributed by atoms with Crippen molar-refractivity contribution in [1.29, 1.82) is 0 Å². The summed E-state index contributed by atoms with van der Waals surface area (Å²) >= 11 is 1.67. The highest BCUT2D eigenvalue weighted by Crippen LogP contribution is 2.19. The van der Waals surface area contributed by atoms with Gasteiger partial charge in [0.05, 0.1) is 6.54 Å². The molecule has 0 aliphatic heterocycles. The molecular weight excluding hydrogens is 234 g/mol. The van der Waals surface area contributed by atoms with Gasteiger partial charge in [0.15, 0.2) is 5.58 Å². The van der Waals surface area contributed by atoms with Gasteiger partial charge < -0.3 is 9.73 Å². The zero-order valence-electron chi connectivity index (χ0n) is 9.30. The van der Waals surface area contributed by atoms with Crippen LogP contribution in [0.5, 0.6) is 0 Å². The molecule has 0 saturated carbocycles. The zero-order valence-corrected chi connectivity index (χ0v) is 10.1. The van der Waals surface area contributed by atoms with Gasteiger partial charge in [-0.25, -0.2) is 4.98 Å². The Morgan fingerprint density at radius 2 is 2.24 bits per heavy atom. The van der Waals surface area contributed by atoms with E-state index in [0.29, 0.717) is 12.6 Å². The predicted octanol–water partition coefficient (Wildman–Crippen LogP) is 3.20. The van der Waals surface area contributed by atoms with E-state index in [1.165, 1.54) is 4.88 Å². The molecule has 0 fully saturated rings. The van der Waals surface area contributed by atoms with E-state index in [-0.39, 0.29) is 0 Å². The Labute approximate surface area is 102 Å². The lowest BCUT2D eigenvalue weighted by Crippen LogP contribution is -1.98. The Morgan fingerprint density at radius 1 is 1.35 bits per heavy atom. The van der Waals surface area contributed by atoms with Crippen molar-refractivity contribution in [2.45, 2.75) is 13.5 Å². The van der Waals surface area contributed by atoms with Gasteiger partial charge in [0.1, 0.15) is 10.5 Å². The highest BCUT2D eigenvalue weighted by Gasteiger charge is 2.05. The van der Waals surface area contributed by atoms with Crippen LogP contribution in [-0.2, 0) is 6.54 Å². The first-order valence-corrected chi connectivity index (χ1v) is 6.14. The molecule has 0 spiro atoms. The van der Waals surface area contributed by atoms with Gasteiger partial charge in [0.2, 0.25) is 0 Å². The van der Waals surface area contributed by atoms with Crippen molar-refractivity contribution in [3.63, 3.8) is 0 Å². The number of hydrogen-bond acceptors (Lipinski definition) is 5. The van der Waals surface area contributed by atoms with E-state index < -0.39 is 0 Å². The van der Waals surface area contributed by atoms with Gasteiger partial charge >= 0.3 is 0 Å². The molecule has 17 heavy (non-hydrogen) atoms. The van der Waals surface area contributed by atoms with Crippen molar-refractivity contribution in [2.24, 2.45) is 0 Å². The number of anilines is 1. The highest BCUT2D eigenvalue weighted by atomic mass is 32.1. The van der Waals surface area contributed by atoms with Crippen LogP contribution in [0.4, 0.5) is 6.01 Å². The van der Waals surface area contributed by atoms with Crippen LogP contribution >= 0.6 is 11.3 Å². The van der Waals surface area contributed by atoms with Crippen LogP contribution in [0, 0.1) is 6.92 Å². The number of benzene rings is 1. The Hall–Kier alpha value is -1.88. The van der Waals surface area contributed by atoms with E-state index in [0.717, 1.165) is 16.1 Å². The SMILES string of the molecule is Cc1cnc(CNc2nc3ccccc3o2)s1. The third-order valence-corrected chi connectivity index (χ3v) is 3.27. The number of aromatic nitrogens is 2. The topological polar surface area (TPSA) is 51.0 Å². The van der Waals surface area contributed by atoms with Crippen molar-refractivity contribution in [3.8, 4) is 0 Å². The molecule has 2 aromatic heterocycles. The van der Waals surface area contributed by atoms with Crippen LogP contribution in [0.1, 0.15) is 9.88 Å². The Morgan fingerprint density at radius 3 is 3.00 bits per heavy atom. The largest absolute Gasteiger partial charge is 0.424 e. The Kier molecular flexibility index (Phi) is 2.53. The lowest BCUT2D eigenvalue weighted by Gasteiger charge is -1.96. The van der Waals surface area contributed by atoms with Gasteiger partial charge in [-0.05, 0) is 19.1 Å². The maximum absolute atomic E-state index is 5.55. The second kappa shape index (κ2) is 4.18. The van der Waals surface area contributed by atoms with Gasteiger partial charge in [-0.15, -0.1) is 11.3 Å². The summed E-state index contributed by atoms with van der Waals surface area (Å²) in [5.74, 6) is 0. The summed E-state index contributed by atoms with van der Waals surface area (Å²) in [6, 6.07) is 8.25. The van der Waals surface area contributed by atoms with E-state index in [1.54, 1.807) is 11.3 Å². The van der Waals surface area contributed by atoms with E-state index in [9.17, 15) is 0 Å². The summed E-state index contributed by atoms with van der Waals surface area (Å²) in [6.07, 6.45) is 1.87.